The smallest absolute Gasteiger partial charge is 0.221 e. The van der Waals surface area contributed by atoms with Crippen LogP contribution >= 0.6 is 12.4 Å². The third kappa shape index (κ3) is 5.77. The Bertz CT molecular complexity index is 496. The van der Waals surface area contributed by atoms with E-state index in [2.05, 4.69) is 10.6 Å². The summed E-state index contributed by atoms with van der Waals surface area (Å²) in [6.07, 6.45) is 2.55. The minimum atomic E-state index is -0.747. The third-order valence-corrected chi connectivity index (χ3v) is 3.38. The molecule has 1 fully saturated rings. The summed E-state index contributed by atoms with van der Waals surface area (Å²) in [5.74, 6) is -1.46. The largest absolute Gasteiger partial charge is 0.488 e. The number of nitrogens with one attached hydrogen (secondary N) is 2. The fourth-order valence-electron chi connectivity index (χ4n) is 2.34. The van der Waals surface area contributed by atoms with Gasteiger partial charge in [0.2, 0.25) is 5.91 Å². The van der Waals surface area contributed by atoms with Crippen LogP contribution in [0, 0.1) is 11.6 Å². The van der Waals surface area contributed by atoms with Crippen LogP contribution in [0.25, 0.3) is 0 Å². The summed E-state index contributed by atoms with van der Waals surface area (Å²) >= 11 is 0. The number of hydrogen-bond acceptors (Lipinski definition) is 3. The van der Waals surface area contributed by atoms with Gasteiger partial charge >= 0.3 is 0 Å². The first kappa shape index (κ1) is 18.6. The summed E-state index contributed by atoms with van der Waals surface area (Å²) in [5, 5.41) is 6.06. The maximum Gasteiger partial charge on any atom is 0.221 e. The van der Waals surface area contributed by atoms with Crippen LogP contribution in [0.5, 0.6) is 5.75 Å². The van der Waals surface area contributed by atoms with Gasteiger partial charge in [0.1, 0.15) is 12.4 Å². The van der Waals surface area contributed by atoms with E-state index in [1.165, 1.54) is 6.07 Å². The summed E-state index contributed by atoms with van der Waals surface area (Å²) in [5.41, 5.74) is 0. The van der Waals surface area contributed by atoms with E-state index in [0.717, 1.165) is 31.5 Å². The second-order valence-electron chi connectivity index (χ2n) is 5.35. The monoisotopic (exact) mass is 334 g/mol. The maximum absolute atomic E-state index is 13.4. The van der Waals surface area contributed by atoms with Crippen molar-refractivity contribution in [3.8, 4) is 5.75 Å². The molecule has 2 N–H and O–H groups in total. The highest BCUT2D eigenvalue weighted by molar-refractivity contribution is 5.85. The minimum Gasteiger partial charge on any atom is -0.488 e. The summed E-state index contributed by atoms with van der Waals surface area (Å²) in [4.78, 5) is 11.8. The Labute approximate surface area is 135 Å². The Morgan fingerprint density at radius 1 is 1.50 bits per heavy atom. The third-order valence-electron chi connectivity index (χ3n) is 3.38. The lowest BCUT2D eigenvalue weighted by atomic mass is 10.1. The number of carbonyl (C=O) groups excluding carboxylic acids is 1. The number of amides is 1. The molecule has 0 aliphatic carbocycles. The van der Waals surface area contributed by atoms with Gasteiger partial charge in [-0.3, -0.25) is 4.79 Å². The molecule has 22 heavy (non-hydrogen) atoms. The second kappa shape index (κ2) is 8.90. The number of benzene rings is 1. The first-order valence-corrected chi connectivity index (χ1v) is 7.15. The molecule has 1 aromatic carbocycles. The summed E-state index contributed by atoms with van der Waals surface area (Å²) in [6.45, 7) is 2.87. The van der Waals surface area contributed by atoms with Crippen molar-refractivity contribution in [2.45, 2.75) is 38.3 Å². The van der Waals surface area contributed by atoms with E-state index >= 15 is 0 Å². The molecule has 0 saturated carbocycles. The van der Waals surface area contributed by atoms with Crippen molar-refractivity contribution in [3.63, 3.8) is 0 Å². The maximum atomic E-state index is 13.4. The molecular weight excluding hydrogens is 314 g/mol. The topological polar surface area (TPSA) is 50.4 Å². The molecule has 1 aromatic rings. The summed E-state index contributed by atoms with van der Waals surface area (Å²) < 4.78 is 31.4. The van der Waals surface area contributed by atoms with Crippen molar-refractivity contribution in [1.29, 1.82) is 0 Å². The molecular formula is C15H21ClF2N2O2. The van der Waals surface area contributed by atoms with Gasteiger partial charge in [0.25, 0.3) is 0 Å². The molecule has 1 aliphatic heterocycles. The second-order valence-corrected chi connectivity index (χ2v) is 5.35. The average molecular weight is 335 g/mol. The first-order valence-electron chi connectivity index (χ1n) is 7.15. The van der Waals surface area contributed by atoms with Crippen LogP contribution in [0.1, 0.15) is 26.2 Å². The van der Waals surface area contributed by atoms with Gasteiger partial charge < -0.3 is 15.4 Å². The fourth-order valence-corrected chi connectivity index (χ4v) is 2.34. The van der Waals surface area contributed by atoms with Crippen LogP contribution in [0.4, 0.5) is 8.78 Å². The molecule has 2 rings (SSSR count). The highest BCUT2D eigenvalue weighted by Crippen LogP contribution is 2.17. The quantitative estimate of drug-likeness (QED) is 0.840. The number of hydrogen-bond donors (Lipinski definition) is 2. The number of halogens is 3. The fraction of sp³-hybridized carbons (Fsp3) is 0.533. The zero-order chi connectivity index (χ0) is 15.2. The lowest BCUT2D eigenvalue weighted by Crippen LogP contribution is -2.39. The lowest BCUT2D eigenvalue weighted by Gasteiger charge is -2.17. The zero-order valence-electron chi connectivity index (χ0n) is 12.4. The van der Waals surface area contributed by atoms with Gasteiger partial charge in [0.05, 0.1) is 6.04 Å². The van der Waals surface area contributed by atoms with Crippen molar-refractivity contribution in [2.75, 3.05) is 13.2 Å². The SMILES string of the molecule is CC(COc1ccc(F)cc1F)NC(=O)CC1CCCN1.Cl. The standard InChI is InChI=1S/C15H20F2N2O2.ClH/c1-10(19-15(20)8-12-3-2-6-18-12)9-21-14-5-4-11(16)7-13(14)17;/h4-5,7,10,12,18H,2-3,6,8-9H2,1H3,(H,19,20);1H. The van der Waals surface area contributed by atoms with Crippen molar-refractivity contribution >= 4 is 18.3 Å². The first-order chi connectivity index (χ1) is 10.0. The Balaban J connectivity index is 0.00000242. The molecule has 2 unspecified atom stereocenters. The van der Waals surface area contributed by atoms with Crippen LogP contribution in [0.3, 0.4) is 0 Å². The minimum absolute atomic E-state index is 0. The van der Waals surface area contributed by atoms with E-state index in [1.807, 2.05) is 0 Å². The highest BCUT2D eigenvalue weighted by atomic mass is 35.5. The van der Waals surface area contributed by atoms with E-state index in [-0.39, 0.29) is 42.8 Å². The average Bonchev–Trinajstić information content (AvgIpc) is 2.90. The molecule has 124 valence electrons. The Kier molecular flexibility index (Phi) is 7.55. The molecule has 4 nitrogen and oxygen atoms in total. The van der Waals surface area contributed by atoms with Crippen LogP contribution in [-0.4, -0.2) is 31.1 Å². The van der Waals surface area contributed by atoms with E-state index in [0.29, 0.717) is 6.42 Å². The number of ether oxygens (including phenoxy) is 1. The molecule has 0 spiro atoms. The van der Waals surface area contributed by atoms with Gasteiger partial charge in [-0.25, -0.2) is 8.78 Å². The molecule has 0 bridgehead atoms. The molecule has 1 saturated heterocycles. The molecule has 1 amide bonds. The van der Waals surface area contributed by atoms with Crippen molar-refractivity contribution in [2.24, 2.45) is 0 Å². The van der Waals surface area contributed by atoms with Crippen LogP contribution in [-0.2, 0) is 4.79 Å². The molecule has 2 atom stereocenters. The molecule has 1 heterocycles. The van der Waals surface area contributed by atoms with Gasteiger partial charge in [0, 0.05) is 18.5 Å². The summed E-state index contributed by atoms with van der Waals surface area (Å²) in [7, 11) is 0. The Morgan fingerprint density at radius 3 is 2.91 bits per heavy atom. The van der Waals surface area contributed by atoms with Gasteiger partial charge in [-0.1, -0.05) is 0 Å². The van der Waals surface area contributed by atoms with Gasteiger partial charge in [-0.05, 0) is 38.4 Å². The van der Waals surface area contributed by atoms with Crippen molar-refractivity contribution < 1.29 is 18.3 Å². The van der Waals surface area contributed by atoms with Crippen molar-refractivity contribution in [3.05, 3.63) is 29.8 Å². The molecule has 0 aromatic heterocycles. The predicted molar refractivity (Wildman–Crippen MR) is 82.3 cm³/mol. The van der Waals surface area contributed by atoms with Crippen LogP contribution in [0.15, 0.2) is 18.2 Å². The Morgan fingerprint density at radius 2 is 2.27 bits per heavy atom. The number of carbonyl (C=O) groups is 1. The van der Waals surface area contributed by atoms with Crippen molar-refractivity contribution in [1.82, 2.24) is 10.6 Å². The highest BCUT2D eigenvalue weighted by Gasteiger charge is 2.18. The Hall–Kier alpha value is -1.40. The van der Waals surface area contributed by atoms with E-state index in [4.69, 9.17) is 4.74 Å². The predicted octanol–water partition coefficient (Wildman–Crippen LogP) is 2.41. The number of rotatable bonds is 6. The summed E-state index contributed by atoms with van der Waals surface area (Å²) in [6, 6.07) is 3.13. The van der Waals surface area contributed by atoms with E-state index in [1.54, 1.807) is 6.92 Å². The van der Waals surface area contributed by atoms with Gasteiger partial charge in [-0.15, -0.1) is 12.4 Å². The van der Waals surface area contributed by atoms with E-state index < -0.39 is 11.6 Å². The van der Waals surface area contributed by atoms with E-state index in [9.17, 15) is 13.6 Å². The van der Waals surface area contributed by atoms with Crippen LogP contribution < -0.4 is 15.4 Å². The molecule has 0 radical (unpaired) electrons. The lowest BCUT2D eigenvalue weighted by molar-refractivity contribution is -0.122. The normalized spacial score (nSPS) is 18.4. The van der Waals surface area contributed by atoms with Crippen LogP contribution in [0.2, 0.25) is 0 Å². The molecule has 7 heteroatoms. The zero-order valence-corrected chi connectivity index (χ0v) is 13.2. The van der Waals surface area contributed by atoms with Gasteiger partial charge in [0.15, 0.2) is 11.6 Å². The molecule has 1 aliphatic rings. The van der Waals surface area contributed by atoms with Gasteiger partial charge in [-0.2, -0.15) is 0 Å².